The standard InChI is InChI=1S/C26H34N2O2.2C2H6/c1-6-10-20(11-7-2)22-15-19(9-4)26-27-23(16-25(29)28(26)17-22)21-12-13-24(30-5)18(8-3)14-21;2*1-2/h12-17,20H,6-11H2,1-5H3;2*1-2H3. The first-order valence-corrected chi connectivity index (χ1v) is 13.3. The Morgan fingerprint density at radius 3 is 2.03 bits per heavy atom. The lowest BCUT2D eigenvalue weighted by atomic mass is 9.90. The van der Waals surface area contributed by atoms with E-state index in [1.807, 2.05) is 46.0 Å². The minimum absolute atomic E-state index is 0.0211. The summed E-state index contributed by atoms with van der Waals surface area (Å²) in [4.78, 5) is 18.0. The molecule has 3 aromatic rings. The predicted octanol–water partition coefficient (Wildman–Crippen LogP) is 8.23. The number of hydrogen-bond donors (Lipinski definition) is 0. The molecular formula is C30H46N2O2. The lowest BCUT2D eigenvalue weighted by Crippen LogP contribution is -2.17. The van der Waals surface area contributed by atoms with Crippen LogP contribution in [0.1, 0.15) is 104 Å². The number of fused-ring (bicyclic) bond motifs is 1. The summed E-state index contributed by atoms with van der Waals surface area (Å²) in [5.41, 5.74) is 5.93. The van der Waals surface area contributed by atoms with Gasteiger partial charge in [-0.2, -0.15) is 0 Å². The van der Waals surface area contributed by atoms with Crippen LogP contribution in [-0.4, -0.2) is 16.5 Å². The summed E-state index contributed by atoms with van der Waals surface area (Å²) in [6, 6.07) is 9.95. The molecule has 34 heavy (non-hydrogen) atoms. The highest BCUT2D eigenvalue weighted by Gasteiger charge is 2.15. The Morgan fingerprint density at radius 1 is 0.882 bits per heavy atom. The van der Waals surface area contributed by atoms with Crippen molar-refractivity contribution >= 4 is 5.65 Å². The summed E-state index contributed by atoms with van der Waals surface area (Å²) in [7, 11) is 1.68. The fourth-order valence-corrected chi connectivity index (χ4v) is 4.31. The number of hydrogen-bond acceptors (Lipinski definition) is 3. The molecule has 0 amide bonds. The molecule has 0 aliphatic rings. The lowest BCUT2D eigenvalue weighted by molar-refractivity contribution is 0.410. The summed E-state index contributed by atoms with van der Waals surface area (Å²) in [6.07, 6.45) is 8.32. The summed E-state index contributed by atoms with van der Waals surface area (Å²) >= 11 is 0. The maximum atomic E-state index is 13.1. The van der Waals surface area contributed by atoms with Crippen LogP contribution < -0.4 is 10.3 Å². The molecule has 0 radical (unpaired) electrons. The Balaban J connectivity index is 0.00000137. The quantitative estimate of drug-likeness (QED) is 0.319. The van der Waals surface area contributed by atoms with Crippen molar-refractivity contribution in [3.8, 4) is 17.0 Å². The zero-order valence-corrected chi connectivity index (χ0v) is 23.0. The summed E-state index contributed by atoms with van der Waals surface area (Å²) < 4.78 is 7.20. The third kappa shape index (κ3) is 6.94. The number of aryl methyl sites for hydroxylation is 2. The fourth-order valence-electron chi connectivity index (χ4n) is 4.31. The number of nitrogens with zero attached hydrogens (tertiary/aromatic N) is 2. The van der Waals surface area contributed by atoms with Crippen molar-refractivity contribution in [1.29, 1.82) is 0 Å². The van der Waals surface area contributed by atoms with Gasteiger partial charge in [0.15, 0.2) is 0 Å². The van der Waals surface area contributed by atoms with Crippen LogP contribution in [0.4, 0.5) is 0 Å². The van der Waals surface area contributed by atoms with Crippen LogP contribution in [-0.2, 0) is 12.8 Å². The Hall–Kier alpha value is -2.62. The molecule has 0 aliphatic heterocycles. The first-order valence-electron chi connectivity index (χ1n) is 13.3. The predicted molar refractivity (Wildman–Crippen MR) is 147 cm³/mol. The van der Waals surface area contributed by atoms with Crippen LogP contribution >= 0.6 is 0 Å². The van der Waals surface area contributed by atoms with Crippen LogP contribution in [0.2, 0.25) is 0 Å². The number of methoxy groups -OCH3 is 1. The zero-order valence-electron chi connectivity index (χ0n) is 23.0. The number of rotatable bonds is 9. The van der Waals surface area contributed by atoms with Gasteiger partial charge in [-0.15, -0.1) is 0 Å². The van der Waals surface area contributed by atoms with E-state index in [9.17, 15) is 4.79 Å². The average Bonchev–Trinajstić information content (AvgIpc) is 2.89. The van der Waals surface area contributed by atoms with Gasteiger partial charge in [-0.3, -0.25) is 9.20 Å². The molecule has 3 rings (SSSR count). The molecule has 0 N–H and O–H groups in total. The third-order valence-electron chi connectivity index (χ3n) is 5.94. The first kappa shape index (κ1) is 29.4. The topological polar surface area (TPSA) is 43.6 Å². The highest BCUT2D eigenvalue weighted by Crippen LogP contribution is 2.29. The monoisotopic (exact) mass is 466 g/mol. The fraction of sp³-hybridized carbons (Fsp3) is 0.533. The summed E-state index contributed by atoms with van der Waals surface area (Å²) in [5.74, 6) is 1.37. The molecule has 0 saturated carbocycles. The van der Waals surface area contributed by atoms with E-state index in [0.29, 0.717) is 5.92 Å². The SMILES string of the molecule is CC.CC.CCCC(CCC)c1cc(CC)c2nc(-c3ccc(OC)c(CC)c3)cc(=O)n2c1. The van der Waals surface area contributed by atoms with Crippen molar-refractivity contribution in [3.63, 3.8) is 0 Å². The van der Waals surface area contributed by atoms with Crippen molar-refractivity contribution < 1.29 is 4.74 Å². The molecule has 0 fully saturated rings. The molecule has 4 heteroatoms. The minimum atomic E-state index is -0.0211. The van der Waals surface area contributed by atoms with Crippen molar-refractivity contribution in [2.24, 2.45) is 0 Å². The number of ether oxygens (including phenoxy) is 1. The van der Waals surface area contributed by atoms with Gasteiger partial charge in [0.2, 0.25) is 0 Å². The van der Waals surface area contributed by atoms with Gasteiger partial charge in [0.1, 0.15) is 11.4 Å². The maximum Gasteiger partial charge on any atom is 0.258 e. The van der Waals surface area contributed by atoms with Crippen LogP contribution in [0, 0.1) is 0 Å². The maximum absolute atomic E-state index is 13.1. The van der Waals surface area contributed by atoms with Gasteiger partial charge in [0.25, 0.3) is 5.56 Å². The van der Waals surface area contributed by atoms with Crippen molar-refractivity contribution in [1.82, 2.24) is 9.38 Å². The Bertz CT molecular complexity index is 1060. The van der Waals surface area contributed by atoms with Gasteiger partial charge >= 0.3 is 0 Å². The molecule has 0 saturated heterocycles. The molecule has 0 atom stereocenters. The number of benzene rings is 1. The largest absolute Gasteiger partial charge is 0.496 e. The van der Waals surface area contributed by atoms with Crippen LogP contribution in [0.25, 0.3) is 16.9 Å². The highest BCUT2D eigenvalue weighted by atomic mass is 16.5. The van der Waals surface area contributed by atoms with E-state index < -0.39 is 0 Å². The van der Waals surface area contributed by atoms with Crippen LogP contribution in [0.5, 0.6) is 5.75 Å². The number of aromatic nitrogens is 2. The van der Waals surface area contributed by atoms with Gasteiger partial charge in [-0.1, -0.05) is 74.3 Å². The Morgan fingerprint density at radius 2 is 1.50 bits per heavy atom. The average molecular weight is 467 g/mol. The smallest absolute Gasteiger partial charge is 0.258 e. The molecular weight excluding hydrogens is 420 g/mol. The van der Waals surface area contributed by atoms with E-state index in [1.54, 1.807) is 17.6 Å². The van der Waals surface area contributed by atoms with Gasteiger partial charge in [0, 0.05) is 17.8 Å². The summed E-state index contributed by atoms with van der Waals surface area (Å²) in [5, 5.41) is 0. The van der Waals surface area contributed by atoms with E-state index in [2.05, 4.69) is 39.8 Å². The summed E-state index contributed by atoms with van der Waals surface area (Å²) in [6.45, 7) is 16.7. The number of pyridine rings is 1. The highest BCUT2D eigenvalue weighted by molar-refractivity contribution is 5.65. The van der Waals surface area contributed by atoms with E-state index >= 15 is 0 Å². The second kappa shape index (κ2) is 15.3. The van der Waals surface area contributed by atoms with Crippen molar-refractivity contribution in [2.45, 2.75) is 99.8 Å². The van der Waals surface area contributed by atoms with Crippen molar-refractivity contribution in [3.05, 3.63) is 63.6 Å². The van der Waals surface area contributed by atoms with Gasteiger partial charge < -0.3 is 4.74 Å². The van der Waals surface area contributed by atoms with E-state index in [-0.39, 0.29) is 5.56 Å². The molecule has 2 heterocycles. The van der Waals surface area contributed by atoms with Crippen molar-refractivity contribution in [2.75, 3.05) is 7.11 Å². The van der Waals surface area contributed by atoms with Gasteiger partial charge in [-0.05, 0) is 66.5 Å². The third-order valence-corrected chi connectivity index (χ3v) is 5.94. The normalized spacial score (nSPS) is 10.4. The van der Waals surface area contributed by atoms with Gasteiger partial charge in [0.05, 0.1) is 12.8 Å². The van der Waals surface area contributed by atoms with Crippen LogP contribution in [0.3, 0.4) is 0 Å². The Kier molecular flexibility index (Phi) is 13.2. The molecule has 0 unspecified atom stereocenters. The zero-order chi connectivity index (χ0) is 25.7. The second-order valence-corrected chi connectivity index (χ2v) is 7.98. The molecule has 0 spiro atoms. The lowest BCUT2D eigenvalue weighted by Gasteiger charge is -2.18. The second-order valence-electron chi connectivity index (χ2n) is 7.98. The van der Waals surface area contributed by atoms with Crippen LogP contribution in [0.15, 0.2) is 41.3 Å². The van der Waals surface area contributed by atoms with Gasteiger partial charge in [-0.25, -0.2) is 4.98 Å². The first-order chi connectivity index (χ1) is 16.6. The molecule has 2 aromatic heterocycles. The molecule has 0 aliphatic carbocycles. The molecule has 0 bridgehead atoms. The minimum Gasteiger partial charge on any atom is -0.496 e. The van der Waals surface area contributed by atoms with E-state index in [1.165, 1.54) is 5.56 Å². The molecule has 188 valence electrons. The molecule has 1 aromatic carbocycles. The van der Waals surface area contributed by atoms with E-state index in [4.69, 9.17) is 9.72 Å². The van der Waals surface area contributed by atoms with E-state index in [0.717, 1.165) is 72.3 Å². The molecule has 4 nitrogen and oxygen atoms in total. The Labute approximate surface area is 207 Å².